The van der Waals surface area contributed by atoms with Crippen LogP contribution in [0.5, 0.6) is 0 Å². The van der Waals surface area contributed by atoms with E-state index < -0.39 is 11.2 Å². The van der Waals surface area contributed by atoms with Crippen molar-refractivity contribution in [3.8, 4) is 0 Å². The molecule has 0 aromatic carbocycles. The molecule has 7 heteroatoms. The summed E-state index contributed by atoms with van der Waals surface area (Å²) in [5, 5.41) is 3.16. The fraction of sp³-hybridized carbons (Fsp3) is 0.333. The molecule has 1 rings (SSSR count). The van der Waals surface area contributed by atoms with Gasteiger partial charge in [0.15, 0.2) is 0 Å². The topological polar surface area (TPSA) is 92.8 Å². The van der Waals surface area contributed by atoms with Crippen molar-refractivity contribution in [3.05, 3.63) is 37.5 Å². The second-order valence-electron chi connectivity index (χ2n) is 2.46. The Bertz CT molecular complexity index is 491. The van der Waals surface area contributed by atoms with Gasteiger partial charge in [-0.05, 0) is 5.53 Å². The molecule has 0 spiro atoms. The highest BCUT2D eigenvalue weighted by Crippen LogP contribution is 1.99. The Hall–Kier alpha value is -2.01. The summed E-state index contributed by atoms with van der Waals surface area (Å²) in [6.45, 7) is 0. The van der Waals surface area contributed by atoms with Crippen LogP contribution >= 0.6 is 0 Å². The molecule has 0 aliphatic carbocycles. The molecule has 1 heterocycles. The molecule has 0 atom stereocenters. The van der Waals surface area contributed by atoms with Crippen molar-refractivity contribution in [1.29, 1.82) is 0 Å². The van der Waals surface area contributed by atoms with E-state index in [1.165, 1.54) is 24.9 Å². The van der Waals surface area contributed by atoms with Crippen molar-refractivity contribution in [2.75, 3.05) is 0 Å². The van der Waals surface area contributed by atoms with Crippen molar-refractivity contribution >= 4 is 5.69 Å². The molecule has 0 amide bonds. The van der Waals surface area contributed by atoms with Gasteiger partial charge in [-0.2, -0.15) is 0 Å². The summed E-state index contributed by atoms with van der Waals surface area (Å²) in [6, 6.07) is 0. The fourth-order valence-corrected chi connectivity index (χ4v) is 0.906. The van der Waals surface area contributed by atoms with E-state index in [2.05, 4.69) is 10.0 Å². The molecule has 0 saturated carbocycles. The number of aromatic nitrogens is 2. The maximum Gasteiger partial charge on any atom is 0.330 e. The maximum absolute atomic E-state index is 11.2. The summed E-state index contributed by atoms with van der Waals surface area (Å²) in [5.41, 5.74) is 6.97. The van der Waals surface area contributed by atoms with E-state index in [0.717, 1.165) is 4.57 Å². The molecule has 0 fully saturated rings. The fourth-order valence-electron chi connectivity index (χ4n) is 0.906. The van der Waals surface area contributed by atoms with Gasteiger partial charge in [-0.15, -0.1) is 0 Å². The van der Waals surface area contributed by atoms with Crippen LogP contribution in [0.2, 0.25) is 0 Å². The van der Waals surface area contributed by atoms with Crippen LogP contribution in [0.4, 0.5) is 5.69 Å². The summed E-state index contributed by atoms with van der Waals surface area (Å²) in [4.78, 5) is 24.8. The molecule has 0 bridgehead atoms. The molecule has 7 nitrogen and oxygen atoms in total. The molecular formula is C6H7N5O2. The summed E-state index contributed by atoms with van der Waals surface area (Å²) >= 11 is 0. The third kappa shape index (κ3) is 1.45. The van der Waals surface area contributed by atoms with Crippen molar-refractivity contribution in [3.63, 3.8) is 0 Å². The normalized spacial score (nSPS) is 9.38. The Labute approximate surface area is 72.5 Å². The standard InChI is InChI=1S/C6H7N5O2/c1-10-3-4(8-9-7)5(12)11(2)6(10)13/h3H,1-2H3. The average molecular weight is 181 g/mol. The molecule has 0 unspecified atom stereocenters. The molecule has 68 valence electrons. The molecule has 0 radical (unpaired) electrons. The lowest BCUT2D eigenvalue weighted by molar-refractivity contribution is 0.687. The SMILES string of the molecule is Cn1cc(N=[N+]=[N-])c(=O)n(C)c1=O. The van der Waals surface area contributed by atoms with Crippen LogP contribution < -0.4 is 11.2 Å². The second-order valence-corrected chi connectivity index (χ2v) is 2.46. The van der Waals surface area contributed by atoms with E-state index >= 15 is 0 Å². The molecule has 13 heavy (non-hydrogen) atoms. The Kier molecular flexibility index (Phi) is 2.21. The predicted octanol–water partition coefficient (Wildman–Crippen LogP) is 0.0258. The minimum absolute atomic E-state index is 0.0906. The van der Waals surface area contributed by atoms with Crippen LogP contribution in [-0.2, 0) is 14.1 Å². The third-order valence-corrected chi connectivity index (χ3v) is 1.58. The summed E-state index contributed by atoms with van der Waals surface area (Å²) in [5.74, 6) is 0. The maximum atomic E-state index is 11.2. The quantitative estimate of drug-likeness (QED) is 0.347. The van der Waals surface area contributed by atoms with Gasteiger partial charge in [-0.25, -0.2) is 4.79 Å². The number of nitrogens with zero attached hydrogens (tertiary/aromatic N) is 5. The van der Waals surface area contributed by atoms with Gasteiger partial charge < -0.3 is 4.57 Å². The van der Waals surface area contributed by atoms with E-state index in [-0.39, 0.29) is 5.69 Å². The van der Waals surface area contributed by atoms with Gasteiger partial charge in [0.25, 0.3) is 5.56 Å². The molecule has 0 aliphatic rings. The van der Waals surface area contributed by atoms with E-state index in [1.54, 1.807) is 0 Å². The first kappa shape index (κ1) is 9.08. The molecule has 1 aromatic heterocycles. The minimum atomic E-state index is -0.596. The highest BCUT2D eigenvalue weighted by Gasteiger charge is 2.03. The van der Waals surface area contributed by atoms with Crippen molar-refractivity contribution in [2.24, 2.45) is 19.2 Å². The van der Waals surface area contributed by atoms with E-state index in [0.29, 0.717) is 0 Å². The van der Waals surface area contributed by atoms with Crippen molar-refractivity contribution in [1.82, 2.24) is 9.13 Å². The van der Waals surface area contributed by atoms with Crippen molar-refractivity contribution < 1.29 is 0 Å². The van der Waals surface area contributed by atoms with Gasteiger partial charge in [0.1, 0.15) is 5.69 Å². The number of rotatable bonds is 1. The van der Waals surface area contributed by atoms with Gasteiger partial charge in [0.05, 0.1) is 0 Å². The highest BCUT2D eigenvalue weighted by molar-refractivity contribution is 5.29. The lowest BCUT2D eigenvalue weighted by Gasteiger charge is -2.01. The summed E-state index contributed by atoms with van der Waals surface area (Å²) in [6.07, 6.45) is 1.20. The molecular weight excluding hydrogens is 174 g/mol. The van der Waals surface area contributed by atoms with Crippen LogP contribution in [0.1, 0.15) is 0 Å². The van der Waals surface area contributed by atoms with Crippen LogP contribution in [-0.4, -0.2) is 9.13 Å². The first-order valence-electron chi connectivity index (χ1n) is 3.39. The Morgan fingerprint density at radius 1 is 1.46 bits per heavy atom. The van der Waals surface area contributed by atoms with Gasteiger partial charge >= 0.3 is 5.69 Å². The monoisotopic (exact) mass is 181 g/mol. The van der Waals surface area contributed by atoms with E-state index in [9.17, 15) is 9.59 Å². The van der Waals surface area contributed by atoms with Crippen molar-refractivity contribution in [2.45, 2.75) is 0 Å². The largest absolute Gasteiger partial charge is 0.330 e. The van der Waals surface area contributed by atoms with Gasteiger partial charge in [-0.1, -0.05) is 5.11 Å². The number of aryl methyl sites for hydroxylation is 1. The first-order valence-corrected chi connectivity index (χ1v) is 3.39. The molecule has 0 saturated heterocycles. The van der Waals surface area contributed by atoms with E-state index in [4.69, 9.17) is 5.53 Å². The second kappa shape index (κ2) is 3.16. The number of hydrogen-bond acceptors (Lipinski definition) is 3. The summed E-state index contributed by atoms with van der Waals surface area (Å²) in [7, 11) is 2.79. The number of azide groups is 1. The zero-order chi connectivity index (χ0) is 10.0. The summed E-state index contributed by atoms with van der Waals surface area (Å²) < 4.78 is 2.05. The predicted molar refractivity (Wildman–Crippen MR) is 45.7 cm³/mol. The van der Waals surface area contributed by atoms with Crippen LogP contribution in [0.15, 0.2) is 20.9 Å². The molecule has 0 N–H and O–H groups in total. The van der Waals surface area contributed by atoms with Crippen LogP contribution in [0, 0.1) is 0 Å². The van der Waals surface area contributed by atoms with Crippen LogP contribution in [0.3, 0.4) is 0 Å². The van der Waals surface area contributed by atoms with Gasteiger partial charge in [-0.3, -0.25) is 9.36 Å². The zero-order valence-electron chi connectivity index (χ0n) is 7.13. The first-order chi connectivity index (χ1) is 6.07. The van der Waals surface area contributed by atoms with E-state index in [1.807, 2.05) is 0 Å². The molecule has 1 aromatic rings. The van der Waals surface area contributed by atoms with Gasteiger partial charge in [0, 0.05) is 25.2 Å². The van der Waals surface area contributed by atoms with Gasteiger partial charge in [0.2, 0.25) is 0 Å². The lowest BCUT2D eigenvalue weighted by atomic mass is 10.5. The average Bonchev–Trinajstić information content (AvgIpc) is 2.11. The molecule has 0 aliphatic heterocycles. The smallest absolute Gasteiger partial charge is 0.303 e. The Balaban J connectivity index is 3.69. The third-order valence-electron chi connectivity index (χ3n) is 1.58. The highest BCUT2D eigenvalue weighted by atomic mass is 16.2. The number of hydrogen-bond donors (Lipinski definition) is 0. The Morgan fingerprint density at radius 3 is 2.62 bits per heavy atom. The minimum Gasteiger partial charge on any atom is -0.303 e. The lowest BCUT2D eigenvalue weighted by Crippen LogP contribution is -2.35. The Morgan fingerprint density at radius 2 is 2.08 bits per heavy atom. The van der Waals surface area contributed by atoms with Crippen LogP contribution in [0.25, 0.3) is 10.4 Å². The zero-order valence-corrected chi connectivity index (χ0v) is 7.13.